The fraction of sp³-hybridized carbons (Fsp3) is 0.875. The van der Waals surface area contributed by atoms with Gasteiger partial charge in [0.15, 0.2) is 0 Å². The number of aryl methyl sites for hydroxylation is 1. The summed E-state index contributed by atoms with van der Waals surface area (Å²) in [6, 6.07) is 0. The Labute approximate surface area is 142 Å². The number of carbonyl (C=O) groups is 1. The normalized spacial score (nSPS) is 25.8. The molecule has 2 atom stereocenters. The molecule has 0 radical (unpaired) electrons. The molecule has 0 aliphatic carbocycles. The number of aliphatic hydroxyl groups is 1. The van der Waals surface area contributed by atoms with Crippen LogP contribution in [0.2, 0.25) is 0 Å². The van der Waals surface area contributed by atoms with Crippen molar-refractivity contribution in [2.75, 3.05) is 39.3 Å². The van der Waals surface area contributed by atoms with E-state index in [4.69, 9.17) is 0 Å². The van der Waals surface area contributed by atoms with Gasteiger partial charge in [-0.1, -0.05) is 12.8 Å². The van der Waals surface area contributed by atoms with Crippen molar-refractivity contribution in [2.24, 2.45) is 11.8 Å². The highest BCUT2D eigenvalue weighted by Gasteiger charge is 2.35. The minimum atomic E-state index is 0.127. The number of amides is 1. The van der Waals surface area contributed by atoms with Gasteiger partial charge in [-0.15, -0.1) is 5.10 Å². The van der Waals surface area contributed by atoms with Gasteiger partial charge in [0.1, 0.15) is 6.33 Å². The number of aromatic nitrogens is 4. The lowest BCUT2D eigenvalue weighted by Gasteiger charge is -2.26. The first-order valence-electron chi connectivity index (χ1n) is 9.08. The van der Waals surface area contributed by atoms with Crippen molar-refractivity contribution in [1.82, 2.24) is 30.0 Å². The van der Waals surface area contributed by atoms with Crippen LogP contribution >= 0.6 is 0 Å². The molecule has 2 aliphatic rings. The molecule has 0 bridgehead atoms. The minimum absolute atomic E-state index is 0.127. The largest absolute Gasteiger partial charge is 0.396 e. The van der Waals surface area contributed by atoms with Crippen LogP contribution in [0.5, 0.6) is 0 Å². The fourth-order valence-corrected chi connectivity index (χ4v) is 3.86. The van der Waals surface area contributed by atoms with Gasteiger partial charge in [-0.05, 0) is 42.3 Å². The van der Waals surface area contributed by atoms with Crippen molar-refractivity contribution in [3.05, 3.63) is 6.33 Å². The molecule has 3 rings (SSSR count). The summed E-state index contributed by atoms with van der Waals surface area (Å²) in [5.41, 5.74) is 0. The monoisotopic (exact) mass is 336 g/mol. The maximum Gasteiger partial charge on any atom is 0.224 e. The Balaban J connectivity index is 1.50. The van der Waals surface area contributed by atoms with Crippen LogP contribution in [0.4, 0.5) is 0 Å². The average Bonchev–Trinajstić information content (AvgIpc) is 3.18. The lowest BCUT2D eigenvalue weighted by molar-refractivity contribution is -0.130. The van der Waals surface area contributed by atoms with Gasteiger partial charge in [0.2, 0.25) is 5.91 Å². The van der Waals surface area contributed by atoms with Crippen LogP contribution in [0.25, 0.3) is 0 Å². The van der Waals surface area contributed by atoms with Crippen LogP contribution in [0.15, 0.2) is 6.33 Å². The minimum Gasteiger partial charge on any atom is -0.396 e. The Hall–Kier alpha value is -1.54. The summed E-state index contributed by atoms with van der Waals surface area (Å²) < 4.78 is 1.58. The first kappa shape index (κ1) is 17.3. The van der Waals surface area contributed by atoms with Crippen LogP contribution < -0.4 is 0 Å². The molecular formula is C16H28N6O2. The summed E-state index contributed by atoms with van der Waals surface area (Å²) in [6.07, 6.45) is 7.12. The maximum absolute atomic E-state index is 12.4. The number of aliphatic hydroxyl groups excluding tert-OH is 1. The predicted octanol–water partition coefficient (Wildman–Crippen LogP) is 0.00610. The van der Waals surface area contributed by atoms with Gasteiger partial charge >= 0.3 is 0 Å². The molecule has 0 saturated carbocycles. The topological polar surface area (TPSA) is 87.4 Å². The highest BCUT2D eigenvalue weighted by molar-refractivity contribution is 5.76. The third kappa shape index (κ3) is 4.51. The summed E-state index contributed by atoms with van der Waals surface area (Å²) in [6.45, 7) is 5.41. The highest BCUT2D eigenvalue weighted by Crippen LogP contribution is 2.25. The first-order chi connectivity index (χ1) is 11.8. The van der Waals surface area contributed by atoms with Crippen molar-refractivity contribution in [3.63, 3.8) is 0 Å². The van der Waals surface area contributed by atoms with Crippen molar-refractivity contribution >= 4 is 5.91 Å². The molecule has 0 aromatic carbocycles. The van der Waals surface area contributed by atoms with Crippen LogP contribution in [-0.2, 0) is 11.3 Å². The molecule has 0 spiro atoms. The number of tetrazole rings is 1. The molecule has 2 saturated heterocycles. The summed E-state index contributed by atoms with van der Waals surface area (Å²) in [4.78, 5) is 16.9. The zero-order valence-electron chi connectivity index (χ0n) is 14.3. The summed E-state index contributed by atoms with van der Waals surface area (Å²) in [7, 11) is 0. The summed E-state index contributed by atoms with van der Waals surface area (Å²) >= 11 is 0. The van der Waals surface area contributed by atoms with E-state index in [1.54, 1.807) is 4.68 Å². The average molecular weight is 336 g/mol. The molecule has 8 heteroatoms. The Bertz CT molecular complexity index is 501. The molecule has 134 valence electrons. The van der Waals surface area contributed by atoms with E-state index in [-0.39, 0.29) is 18.4 Å². The van der Waals surface area contributed by atoms with Gasteiger partial charge in [-0.3, -0.25) is 4.79 Å². The van der Waals surface area contributed by atoms with Crippen molar-refractivity contribution in [1.29, 1.82) is 0 Å². The third-order valence-electron chi connectivity index (χ3n) is 5.30. The number of likely N-dealkylation sites (tertiary alicyclic amines) is 2. The fourth-order valence-electron chi connectivity index (χ4n) is 3.86. The molecule has 8 nitrogen and oxygen atoms in total. The SMILES string of the molecule is O=C(CCn1cnnn1)N1C[C@@H](CN2CCCCCC2)[C@@H](CO)C1. The molecule has 1 N–H and O–H groups in total. The Morgan fingerprint density at radius 3 is 2.54 bits per heavy atom. The smallest absolute Gasteiger partial charge is 0.224 e. The van der Waals surface area contributed by atoms with Gasteiger partial charge in [0, 0.05) is 38.6 Å². The van der Waals surface area contributed by atoms with E-state index >= 15 is 0 Å². The first-order valence-corrected chi connectivity index (χ1v) is 9.08. The number of nitrogens with zero attached hydrogens (tertiary/aromatic N) is 6. The lowest BCUT2D eigenvalue weighted by atomic mass is 9.96. The van der Waals surface area contributed by atoms with Gasteiger partial charge in [0.25, 0.3) is 0 Å². The number of carbonyl (C=O) groups excluding carboxylic acids is 1. The third-order valence-corrected chi connectivity index (χ3v) is 5.30. The Kier molecular flexibility index (Phi) is 6.14. The van der Waals surface area contributed by atoms with E-state index in [0.29, 0.717) is 25.4 Å². The standard InChI is InChI=1S/C16H28N6O2/c23-12-15-11-21(16(24)5-8-22-13-17-18-19-22)10-14(15)9-20-6-3-1-2-4-7-20/h13-15,23H,1-12H2/t14-,15-/m1/s1. The number of rotatable bonds is 6. The van der Waals surface area contributed by atoms with Crippen LogP contribution in [-0.4, -0.2) is 80.4 Å². The molecule has 2 fully saturated rings. The van der Waals surface area contributed by atoms with Gasteiger partial charge in [-0.2, -0.15) is 0 Å². The predicted molar refractivity (Wildman–Crippen MR) is 88.0 cm³/mol. The van der Waals surface area contributed by atoms with Crippen molar-refractivity contribution in [2.45, 2.75) is 38.6 Å². The quantitative estimate of drug-likeness (QED) is 0.787. The van der Waals surface area contributed by atoms with Crippen molar-refractivity contribution < 1.29 is 9.90 Å². The second kappa shape index (κ2) is 8.53. The van der Waals surface area contributed by atoms with E-state index in [2.05, 4.69) is 20.4 Å². The Morgan fingerprint density at radius 1 is 1.12 bits per heavy atom. The van der Waals surface area contributed by atoms with Crippen LogP contribution in [0, 0.1) is 11.8 Å². The molecule has 1 amide bonds. The highest BCUT2D eigenvalue weighted by atomic mass is 16.3. The molecule has 3 heterocycles. The molecule has 1 aromatic heterocycles. The molecule has 1 aromatic rings. The molecular weight excluding hydrogens is 308 g/mol. The number of hydrogen-bond donors (Lipinski definition) is 1. The van der Waals surface area contributed by atoms with Gasteiger partial charge in [0.05, 0.1) is 6.54 Å². The zero-order valence-corrected chi connectivity index (χ0v) is 14.3. The Morgan fingerprint density at radius 2 is 1.88 bits per heavy atom. The summed E-state index contributed by atoms with van der Waals surface area (Å²) in [5.74, 6) is 0.706. The zero-order chi connectivity index (χ0) is 16.8. The van der Waals surface area contributed by atoms with E-state index in [9.17, 15) is 9.90 Å². The van der Waals surface area contributed by atoms with Crippen LogP contribution in [0.1, 0.15) is 32.1 Å². The second-order valence-electron chi connectivity index (χ2n) is 7.04. The van der Waals surface area contributed by atoms with Crippen LogP contribution in [0.3, 0.4) is 0 Å². The molecule has 24 heavy (non-hydrogen) atoms. The van der Waals surface area contributed by atoms with Crippen molar-refractivity contribution in [3.8, 4) is 0 Å². The second-order valence-corrected chi connectivity index (χ2v) is 7.04. The molecule has 2 aliphatic heterocycles. The van der Waals surface area contributed by atoms with E-state index < -0.39 is 0 Å². The molecule has 0 unspecified atom stereocenters. The van der Waals surface area contributed by atoms with Gasteiger partial charge in [-0.25, -0.2) is 4.68 Å². The maximum atomic E-state index is 12.4. The van der Waals surface area contributed by atoms with Gasteiger partial charge < -0.3 is 14.9 Å². The summed E-state index contributed by atoms with van der Waals surface area (Å²) in [5, 5.41) is 20.7. The van der Waals surface area contributed by atoms with E-state index in [1.807, 2.05) is 4.90 Å². The van der Waals surface area contributed by atoms with E-state index in [0.717, 1.165) is 26.2 Å². The van der Waals surface area contributed by atoms with E-state index in [1.165, 1.54) is 32.0 Å². The number of hydrogen-bond acceptors (Lipinski definition) is 6. The lowest BCUT2D eigenvalue weighted by Crippen LogP contribution is -2.35.